The number of nitrogens with two attached hydrogens (primary N) is 2. The number of hydrogen-bond acceptors (Lipinski definition) is 7. The molecule has 0 amide bonds. The van der Waals surface area contributed by atoms with E-state index < -0.39 is 20.7 Å². The molecule has 166 valence electrons. The molecule has 0 spiro atoms. The Morgan fingerprint density at radius 3 is 2.58 bits per heavy atom. The summed E-state index contributed by atoms with van der Waals surface area (Å²) < 4.78 is 41.8. The second-order valence-electron chi connectivity index (χ2n) is 6.86. The van der Waals surface area contributed by atoms with E-state index in [0.29, 0.717) is 26.1 Å². The maximum Gasteiger partial charge on any atom is 0.266 e. The lowest BCUT2D eigenvalue weighted by molar-refractivity contribution is 0.559. The van der Waals surface area contributed by atoms with Crippen molar-refractivity contribution < 1.29 is 12.8 Å². The Balaban J connectivity index is 1.72. The van der Waals surface area contributed by atoms with Gasteiger partial charge in [0.25, 0.3) is 10.0 Å². The smallest absolute Gasteiger partial charge is 0.266 e. The lowest BCUT2D eigenvalue weighted by Crippen LogP contribution is -2.25. The topological polar surface area (TPSA) is 123 Å². The molecule has 1 atom stereocenters. The van der Waals surface area contributed by atoms with E-state index in [1.165, 1.54) is 6.20 Å². The Hall–Kier alpha value is -2.24. The molecule has 0 aliphatic heterocycles. The number of aromatic nitrogens is 1. The van der Waals surface area contributed by atoms with Gasteiger partial charge in [0.1, 0.15) is 10.7 Å². The van der Waals surface area contributed by atoms with E-state index in [2.05, 4.69) is 15.0 Å². The van der Waals surface area contributed by atoms with Crippen molar-refractivity contribution >= 4 is 43.8 Å². The zero-order valence-electron chi connectivity index (χ0n) is 16.5. The Kier molecular flexibility index (Phi) is 7.84. The normalized spacial score (nSPS) is 12.5. The molecule has 0 aliphatic carbocycles. The Bertz CT molecular complexity index is 1130. The molecule has 31 heavy (non-hydrogen) atoms. The standard InChI is InChI=1S/C20H23ClFN5O2S2/c21-16-8-19(31(28,29)27-20-25-5-6-30-20)17(22)9-18(16)26-12-13(10-23)7-14-3-1-2-4-15(14)11-24/h1-6,8-9,13,26H,7,10-12,23-24H2,(H,25,27)/t13-/m1/s1. The highest BCUT2D eigenvalue weighted by Crippen LogP contribution is 2.30. The number of hydrogen-bond donors (Lipinski definition) is 4. The van der Waals surface area contributed by atoms with Gasteiger partial charge in [0, 0.05) is 24.7 Å². The third-order valence-corrected chi connectivity index (χ3v) is 7.21. The van der Waals surface area contributed by atoms with Gasteiger partial charge in [0.05, 0.1) is 10.7 Å². The van der Waals surface area contributed by atoms with Crippen LogP contribution in [-0.4, -0.2) is 26.5 Å². The molecule has 0 aliphatic rings. The first-order valence-electron chi connectivity index (χ1n) is 9.46. The van der Waals surface area contributed by atoms with Crippen molar-refractivity contribution in [2.24, 2.45) is 17.4 Å². The summed E-state index contributed by atoms with van der Waals surface area (Å²) in [5.74, 6) is -0.879. The van der Waals surface area contributed by atoms with E-state index in [1.54, 1.807) is 5.38 Å². The van der Waals surface area contributed by atoms with E-state index in [-0.39, 0.29) is 21.8 Å². The van der Waals surface area contributed by atoms with Gasteiger partial charge in [-0.25, -0.2) is 17.8 Å². The van der Waals surface area contributed by atoms with Crippen LogP contribution in [0.25, 0.3) is 0 Å². The molecule has 0 radical (unpaired) electrons. The average molecular weight is 484 g/mol. The van der Waals surface area contributed by atoms with Crippen LogP contribution in [0.5, 0.6) is 0 Å². The van der Waals surface area contributed by atoms with Gasteiger partial charge in [-0.15, -0.1) is 11.3 Å². The highest BCUT2D eigenvalue weighted by molar-refractivity contribution is 7.93. The highest BCUT2D eigenvalue weighted by Gasteiger charge is 2.23. The van der Waals surface area contributed by atoms with Crippen molar-refractivity contribution in [2.75, 3.05) is 23.1 Å². The lowest BCUT2D eigenvalue weighted by atomic mass is 9.95. The fraction of sp³-hybridized carbons (Fsp3) is 0.250. The van der Waals surface area contributed by atoms with Crippen LogP contribution >= 0.6 is 22.9 Å². The number of thiazole rings is 1. The quantitative estimate of drug-likeness (QED) is 0.350. The first-order chi connectivity index (χ1) is 14.8. The molecule has 3 rings (SSSR count). The third kappa shape index (κ3) is 5.92. The second-order valence-corrected chi connectivity index (χ2v) is 9.82. The molecule has 0 unspecified atom stereocenters. The fourth-order valence-corrected chi connectivity index (χ4v) is 5.24. The van der Waals surface area contributed by atoms with Crippen LogP contribution in [0, 0.1) is 11.7 Å². The van der Waals surface area contributed by atoms with E-state index in [1.807, 2.05) is 24.3 Å². The van der Waals surface area contributed by atoms with Gasteiger partial charge in [-0.3, -0.25) is 4.72 Å². The van der Waals surface area contributed by atoms with Crippen molar-refractivity contribution in [1.29, 1.82) is 0 Å². The first kappa shape index (κ1) is 23.4. The minimum Gasteiger partial charge on any atom is -0.383 e. The Morgan fingerprint density at radius 1 is 1.19 bits per heavy atom. The van der Waals surface area contributed by atoms with Crippen LogP contribution in [0.1, 0.15) is 11.1 Å². The van der Waals surface area contributed by atoms with Gasteiger partial charge in [0.2, 0.25) is 0 Å². The van der Waals surface area contributed by atoms with Crippen molar-refractivity contribution in [2.45, 2.75) is 17.9 Å². The molecule has 2 aromatic carbocycles. The van der Waals surface area contributed by atoms with Crippen molar-refractivity contribution in [1.82, 2.24) is 4.98 Å². The van der Waals surface area contributed by atoms with Gasteiger partial charge in [-0.1, -0.05) is 35.9 Å². The zero-order valence-corrected chi connectivity index (χ0v) is 18.9. The van der Waals surface area contributed by atoms with E-state index >= 15 is 0 Å². The SMILES string of the molecule is NCc1ccccc1C[C@H](CN)CNc1cc(F)c(S(=O)(=O)Nc2nccs2)cc1Cl. The number of sulfonamides is 1. The highest BCUT2D eigenvalue weighted by atomic mass is 35.5. The van der Waals surface area contributed by atoms with Crippen molar-refractivity contribution in [3.05, 3.63) is 69.9 Å². The second kappa shape index (κ2) is 10.4. The van der Waals surface area contributed by atoms with Crippen LogP contribution < -0.4 is 21.5 Å². The average Bonchev–Trinajstić information content (AvgIpc) is 3.25. The van der Waals surface area contributed by atoms with Crippen LogP contribution in [0.3, 0.4) is 0 Å². The van der Waals surface area contributed by atoms with Crippen LogP contribution in [0.2, 0.25) is 5.02 Å². The van der Waals surface area contributed by atoms with Crippen LogP contribution in [0.15, 0.2) is 52.9 Å². The van der Waals surface area contributed by atoms with Gasteiger partial charge in [0.15, 0.2) is 5.13 Å². The Morgan fingerprint density at radius 2 is 1.94 bits per heavy atom. The van der Waals surface area contributed by atoms with Crippen LogP contribution in [-0.2, 0) is 23.0 Å². The molecule has 6 N–H and O–H groups in total. The predicted molar refractivity (Wildman–Crippen MR) is 123 cm³/mol. The minimum absolute atomic E-state index is 0.0433. The fourth-order valence-electron chi connectivity index (χ4n) is 3.07. The van der Waals surface area contributed by atoms with Crippen LogP contribution in [0.4, 0.5) is 15.2 Å². The number of benzene rings is 2. The molecule has 1 aromatic heterocycles. The van der Waals surface area contributed by atoms with E-state index in [0.717, 1.165) is 34.6 Å². The van der Waals surface area contributed by atoms with Gasteiger partial charge in [-0.05, 0) is 42.1 Å². The minimum atomic E-state index is -4.16. The molecular formula is C20H23ClFN5O2S2. The summed E-state index contributed by atoms with van der Waals surface area (Å²) in [6.07, 6.45) is 2.14. The summed E-state index contributed by atoms with van der Waals surface area (Å²) >= 11 is 7.33. The summed E-state index contributed by atoms with van der Waals surface area (Å²) in [4.78, 5) is 3.29. The first-order valence-corrected chi connectivity index (χ1v) is 12.2. The third-order valence-electron chi connectivity index (χ3n) is 4.73. The van der Waals surface area contributed by atoms with E-state index in [4.69, 9.17) is 23.1 Å². The molecule has 11 heteroatoms. The number of nitrogens with one attached hydrogen (secondary N) is 2. The maximum absolute atomic E-state index is 14.6. The molecule has 7 nitrogen and oxygen atoms in total. The number of rotatable bonds is 10. The lowest BCUT2D eigenvalue weighted by Gasteiger charge is -2.19. The maximum atomic E-state index is 14.6. The summed E-state index contributed by atoms with van der Waals surface area (Å²) in [6.45, 7) is 1.26. The largest absolute Gasteiger partial charge is 0.383 e. The molecular weight excluding hydrogens is 461 g/mol. The Labute approximate surface area is 189 Å². The summed E-state index contributed by atoms with van der Waals surface area (Å²) in [7, 11) is -4.16. The van der Waals surface area contributed by atoms with Crippen molar-refractivity contribution in [3.8, 4) is 0 Å². The molecule has 0 saturated carbocycles. The number of anilines is 2. The molecule has 3 aromatic rings. The van der Waals surface area contributed by atoms with E-state index in [9.17, 15) is 12.8 Å². The van der Waals surface area contributed by atoms with Crippen molar-refractivity contribution in [3.63, 3.8) is 0 Å². The van der Waals surface area contributed by atoms with Gasteiger partial charge >= 0.3 is 0 Å². The number of halogens is 2. The summed E-state index contributed by atoms with van der Waals surface area (Å²) in [5, 5.41) is 4.91. The van der Waals surface area contributed by atoms with Gasteiger partial charge in [-0.2, -0.15) is 0 Å². The molecule has 0 bridgehead atoms. The predicted octanol–water partition coefficient (Wildman–Crippen LogP) is 3.42. The summed E-state index contributed by atoms with van der Waals surface area (Å²) in [5.41, 5.74) is 14.2. The number of nitrogens with zero attached hydrogens (tertiary/aromatic N) is 1. The summed E-state index contributed by atoms with van der Waals surface area (Å²) in [6, 6.07) is 10.0. The van der Waals surface area contributed by atoms with Gasteiger partial charge < -0.3 is 16.8 Å². The zero-order chi connectivity index (χ0) is 22.4. The molecule has 1 heterocycles. The molecule has 0 fully saturated rings. The molecule has 0 saturated heterocycles. The monoisotopic (exact) mass is 483 g/mol.